The summed E-state index contributed by atoms with van der Waals surface area (Å²) in [4.78, 5) is 12.1. The molecule has 1 N–H and O–H groups in total. The number of benzene rings is 2. The lowest BCUT2D eigenvalue weighted by molar-refractivity contribution is -0.118. The summed E-state index contributed by atoms with van der Waals surface area (Å²) in [6, 6.07) is 15.4. The van der Waals surface area contributed by atoms with Gasteiger partial charge in [-0.2, -0.15) is 0 Å². The molecule has 0 radical (unpaired) electrons. The molecule has 6 nitrogen and oxygen atoms in total. The Morgan fingerprint density at radius 2 is 1.80 bits per heavy atom. The van der Waals surface area contributed by atoms with Crippen LogP contribution < -0.4 is 10.1 Å². The average molecular weight is 337 g/mol. The second-order valence-corrected chi connectivity index (χ2v) is 5.66. The maximum atomic E-state index is 12.1. The molecule has 25 heavy (non-hydrogen) atoms. The smallest absolute Gasteiger partial charge is 0.263 e. The van der Waals surface area contributed by atoms with Crippen LogP contribution in [0.4, 0.5) is 5.82 Å². The largest absolute Gasteiger partial charge is 0.484 e. The zero-order valence-electron chi connectivity index (χ0n) is 14.2. The molecular weight excluding hydrogens is 318 g/mol. The Kier molecular flexibility index (Phi) is 5.09. The van der Waals surface area contributed by atoms with Gasteiger partial charge in [-0.1, -0.05) is 48.9 Å². The molecule has 2 aromatic carbocycles. The van der Waals surface area contributed by atoms with Crippen LogP contribution in [-0.2, 0) is 11.2 Å². The first kappa shape index (κ1) is 16.7. The first-order valence-corrected chi connectivity index (χ1v) is 8.07. The van der Waals surface area contributed by atoms with Crippen molar-refractivity contribution >= 4 is 11.7 Å². The van der Waals surface area contributed by atoms with Crippen molar-refractivity contribution in [3.8, 4) is 17.0 Å². The number of hydrogen-bond acceptors (Lipinski definition) is 5. The molecule has 3 aromatic rings. The number of aryl methyl sites for hydroxylation is 2. The predicted molar refractivity (Wildman–Crippen MR) is 94.4 cm³/mol. The minimum atomic E-state index is -0.330. The van der Waals surface area contributed by atoms with E-state index in [0.29, 0.717) is 11.4 Å². The van der Waals surface area contributed by atoms with Crippen LogP contribution in [0.1, 0.15) is 18.1 Å². The van der Waals surface area contributed by atoms with E-state index in [1.165, 1.54) is 5.56 Å². The number of aromatic nitrogens is 2. The lowest BCUT2D eigenvalue weighted by Crippen LogP contribution is -2.20. The quantitative estimate of drug-likeness (QED) is 0.743. The minimum Gasteiger partial charge on any atom is -0.484 e. The zero-order valence-corrected chi connectivity index (χ0v) is 14.2. The van der Waals surface area contributed by atoms with E-state index in [1.807, 2.05) is 55.5 Å². The highest BCUT2D eigenvalue weighted by Gasteiger charge is 2.15. The number of carbonyl (C=O) groups excluding carboxylic acids is 1. The van der Waals surface area contributed by atoms with Crippen molar-refractivity contribution < 1.29 is 14.2 Å². The van der Waals surface area contributed by atoms with Crippen LogP contribution in [0.3, 0.4) is 0 Å². The zero-order chi connectivity index (χ0) is 17.6. The molecule has 1 heterocycles. The Bertz CT molecular complexity index is 839. The Morgan fingerprint density at radius 3 is 2.48 bits per heavy atom. The molecule has 6 heteroatoms. The van der Waals surface area contributed by atoms with E-state index >= 15 is 0 Å². The van der Waals surface area contributed by atoms with E-state index in [1.54, 1.807) is 0 Å². The predicted octanol–water partition coefficient (Wildman–Crippen LogP) is 3.62. The van der Waals surface area contributed by atoms with Gasteiger partial charge in [0.15, 0.2) is 12.3 Å². The average Bonchev–Trinajstić information content (AvgIpc) is 3.09. The molecule has 3 rings (SSSR count). The van der Waals surface area contributed by atoms with Gasteiger partial charge in [0.2, 0.25) is 5.82 Å². The monoisotopic (exact) mass is 337 g/mol. The maximum absolute atomic E-state index is 12.1. The van der Waals surface area contributed by atoms with E-state index in [9.17, 15) is 4.79 Å². The van der Waals surface area contributed by atoms with Gasteiger partial charge in [0.1, 0.15) is 5.75 Å². The fourth-order valence-electron chi connectivity index (χ4n) is 2.31. The van der Waals surface area contributed by atoms with E-state index in [0.717, 1.165) is 17.5 Å². The standard InChI is InChI=1S/C19H19N3O3/c1-3-14-6-10-16(11-7-14)24-12-17(23)20-19-18(21-25-22-19)15-8-4-13(2)5-9-15/h4-11H,3,12H2,1-2H3,(H,20,22,23). The third-order valence-electron chi connectivity index (χ3n) is 3.77. The number of nitrogens with zero attached hydrogens (tertiary/aromatic N) is 2. The fourth-order valence-corrected chi connectivity index (χ4v) is 2.31. The van der Waals surface area contributed by atoms with Crippen LogP contribution in [-0.4, -0.2) is 22.8 Å². The van der Waals surface area contributed by atoms with Crippen molar-refractivity contribution in [2.24, 2.45) is 0 Å². The van der Waals surface area contributed by atoms with Crippen molar-refractivity contribution in [3.63, 3.8) is 0 Å². The summed E-state index contributed by atoms with van der Waals surface area (Å²) < 4.78 is 10.3. The Hall–Kier alpha value is -3.15. The minimum absolute atomic E-state index is 0.119. The van der Waals surface area contributed by atoms with Crippen LogP contribution in [0.15, 0.2) is 53.2 Å². The van der Waals surface area contributed by atoms with Gasteiger partial charge in [0.25, 0.3) is 5.91 Å². The summed E-state index contributed by atoms with van der Waals surface area (Å²) in [6.07, 6.45) is 0.960. The number of rotatable bonds is 6. The van der Waals surface area contributed by atoms with Crippen LogP contribution in [0.5, 0.6) is 5.75 Å². The molecular formula is C19H19N3O3. The van der Waals surface area contributed by atoms with Crippen LogP contribution in [0.25, 0.3) is 11.3 Å². The second kappa shape index (κ2) is 7.61. The highest BCUT2D eigenvalue weighted by atomic mass is 16.6. The summed E-state index contributed by atoms with van der Waals surface area (Å²) in [5, 5.41) is 10.3. The Balaban J connectivity index is 1.61. The summed E-state index contributed by atoms with van der Waals surface area (Å²) in [7, 11) is 0. The lowest BCUT2D eigenvalue weighted by Gasteiger charge is -2.07. The molecule has 128 valence electrons. The van der Waals surface area contributed by atoms with Crippen molar-refractivity contribution in [3.05, 3.63) is 59.7 Å². The molecule has 1 aromatic heterocycles. The molecule has 0 atom stereocenters. The summed E-state index contributed by atoms with van der Waals surface area (Å²) in [5.41, 5.74) is 3.65. The third kappa shape index (κ3) is 4.23. The highest BCUT2D eigenvalue weighted by molar-refractivity contribution is 5.94. The van der Waals surface area contributed by atoms with Gasteiger partial charge in [-0.25, -0.2) is 4.63 Å². The lowest BCUT2D eigenvalue weighted by atomic mass is 10.1. The number of anilines is 1. The number of ether oxygens (including phenoxy) is 1. The first-order chi connectivity index (χ1) is 12.2. The molecule has 0 aliphatic carbocycles. The van der Waals surface area contributed by atoms with Crippen LogP contribution >= 0.6 is 0 Å². The number of amides is 1. The van der Waals surface area contributed by atoms with Crippen LogP contribution in [0.2, 0.25) is 0 Å². The molecule has 0 fully saturated rings. The number of hydrogen-bond donors (Lipinski definition) is 1. The molecule has 0 aliphatic heterocycles. The Morgan fingerprint density at radius 1 is 1.08 bits per heavy atom. The van der Waals surface area contributed by atoms with Crippen molar-refractivity contribution in [2.45, 2.75) is 20.3 Å². The van der Waals surface area contributed by atoms with Gasteiger partial charge in [-0.15, -0.1) is 0 Å². The number of nitrogens with one attached hydrogen (secondary N) is 1. The van der Waals surface area contributed by atoms with E-state index in [2.05, 4.69) is 22.6 Å². The molecule has 1 amide bonds. The first-order valence-electron chi connectivity index (χ1n) is 8.07. The molecule has 0 bridgehead atoms. The summed E-state index contributed by atoms with van der Waals surface area (Å²) >= 11 is 0. The SMILES string of the molecule is CCc1ccc(OCC(=O)Nc2nonc2-c2ccc(C)cc2)cc1. The summed E-state index contributed by atoms with van der Waals surface area (Å²) in [5.74, 6) is 0.590. The Labute approximate surface area is 145 Å². The van der Waals surface area contributed by atoms with Gasteiger partial charge in [0.05, 0.1) is 0 Å². The van der Waals surface area contributed by atoms with Crippen molar-refractivity contribution in [1.29, 1.82) is 0 Å². The molecule has 0 unspecified atom stereocenters. The maximum Gasteiger partial charge on any atom is 0.263 e. The van der Waals surface area contributed by atoms with Gasteiger partial charge in [-0.3, -0.25) is 4.79 Å². The normalized spacial score (nSPS) is 10.5. The number of carbonyl (C=O) groups is 1. The van der Waals surface area contributed by atoms with Crippen molar-refractivity contribution in [1.82, 2.24) is 10.3 Å². The topological polar surface area (TPSA) is 77.2 Å². The van der Waals surface area contributed by atoms with Crippen LogP contribution in [0, 0.1) is 6.92 Å². The van der Waals surface area contributed by atoms with Crippen molar-refractivity contribution in [2.75, 3.05) is 11.9 Å². The molecule has 0 aliphatic rings. The second-order valence-electron chi connectivity index (χ2n) is 5.66. The highest BCUT2D eigenvalue weighted by Crippen LogP contribution is 2.24. The molecule has 0 saturated carbocycles. The van der Waals surface area contributed by atoms with E-state index in [-0.39, 0.29) is 18.3 Å². The fraction of sp³-hybridized carbons (Fsp3) is 0.211. The molecule has 0 saturated heterocycles. The van der Waals surface area contributed by atoms with E-state index < -0.39 is 0 Å². The van der Waals surface area contributed by atoms with E-state index in [4.69, 9.17) is 9.37 Å². The van der Waals surface area contributed by atoms with Gasteiger partial charge in [-0.05, 0) is 41.4 Å². The van der Waals surface area contributed by atoms with Gasteiger partial charge < -0.3 is 10.1 Å². The van der Waals surface area contributed by atoms with Gasteiger partial charge in [0, 0.05) is 5.56 Å². The molecule has 0 spiro atoms. The van der Waals surface area contributed by atoms with Gasteiger partial charge >= 0.3 is 0 Å². The third-order valence-corrected chi connectivity index (χ3v) is 3.77. The summed E-state index contributed by atoms with van der Waals surface area (Å²) in [6.45, 7) is 3.96.